The van der Waals surface area contributed by atoms with E-state index in [1.165, 1.54) is 11.3 Å². The Morgan fingerprint density at radius 2 is 2.00 bits per heavy atom. The predicted molar refractivity (Wildman–Crippen MR) is 115 cm³/mol. The van der Waals surface area contributed by atoms with Crippen molar-refractivity contribution in [1.82, 2.24) is 14.1 Å². The number of nitrogens with zero attached hydrogens (tertiary/aromatic N) is 3. The van der Waals surface area contributed by atoms with E-state index < -0.39 is 10.0 Å². The molecule has 4 rings (SSSR count). The van der Waals surface area contributed by atoms with Crippen molar-refractivity contribution < 1.29 is 13.2 Å². The van der Waals surface area contributed by atoms with Crippen LogP contribution in [0.25, 0.3) is 10.2 Å². The summed E-state index contributed by atoms with van der Waals surface area (Å²) in [5, 5.41) is 8.16. The molecule has 0 radical (unpaired) electrons. The average Bonchev–Trinajstić information content (AvgIpc) is 3.24. The van der Waals surface area contributed by atoms with Gasteiger partial charge in [-0.25, -0.2) is 8.42 Å². The van der Waals surface area contributed by atoms with Gasteiger partial charge < -0.3 is 5.32 Å². The van der Waals surface area contributed by atoms with Crippen molar-refractivity contribution in [3.63, 3.8) is 0 Å². The monoisotopic (exact) mass is 432 g/mol. The van der Waals surface area contributed by atoms with Gasteiger partial charge in [0.1, 0.15) is 4.83 Å². The number of benzene rings is 1. The van der Waals surface area contributed by atoms with E-state index in [0.717, 1.165) is 28.8 Å². The maximum atomic E-state index is 12.9. The molecule has 154 valence electrons. The van der Waals surface area contributed by atoms with Crippen LogP contribution in [-0.4, -0.2) is 41.5 Å². The molecule has 1 fully saturated rings. The summed E-state index contributed by atoms with van der Waals surface area (Å²) in [5.41, 5.74) is 1.45. The van der Waals surface area contributed by atoms with Crippen molar-refractivity contribution in [1.29, 1.82) is 0 Å². The van der Waals surface area contributed by atoms with Gasteiger partial charge in [-0.05, 0) is 56.0 Å². The van der Waals surface area contributed by atoms with Crippen molar-refractivity contribution in [3.8, 4) is 0 Å². The first-order valence-corrected chi connectivity index (χ1v) is 11.9. The number of aryl methyl sites for hydroxylation is 2. The molecule has 1 aliphatic rings. The van der Waals surface area contributed by atoms with Gasteiger partial charge in [0.25, 0.3) is 5.91 Å². The number of rotatable bonds is 4. The second-order valence-corrected chi connectivity index (χ2v) is 10.6. The molecular weight excluding hydrogens is 408 g/mol. The number of carbonyl (C=O) groups excluding carboxylic acids is 1. The second kappa shape index (κ2) is 7.55. The summed E-state index contributed by atoms with van der Waals surface area (Å²) >= 11 is 1.38. The van der Waals surface area contributed by atoms with E-state index in [1.807, 2.05) is 20.0 Å². The molecule has 0 spiro atoms. The van der Waals surface area contributed by atoms with E-state index >= 15 is 0 Å². The molecule has 0 aliphatic carbocycles. The fraction of sp³-hybridized carbons (Fsp3) is 0.400. The minimum absolute atomic E-state index is 0.217. The van der Waals surface area contributed by atoms with Gasteiger partial charge in [-0.15, -0.1) is 11.3 Å². The molecule has 3 aromatic rings. The molecule has 7 nitrogen and oxygen atoms in total. The van der Waals surface area contributed by atoms with Crippen molar-refractivity contribution in [2.45, 2.75) is 31.6 Å². The minimum atomic E-state index is -3.50. The van der Waals surface area contributed by atoms with Gasteiger partial charge >= 0.3 is 0 Å². The Bertz CT molecular complexity index is 1130. The highest BCUT2D eigenvalue weighted by molar-refractivity contribution is 7.89. The van der Waals surface area contributed by atoms with Gasteiger partial charge in [-0.3, -0.25) is 9.48 Å². The summed E-state index contributed by atoms with van der Waals surface area (Å²) in [6.07, 6.45) is 1.95. The molecular formula is C20H24N4O3S2. The standard InChI is InChI=1S/C20H24N4O3S2/c1-13-5-4-10-24(12-13)29(26,27)16-8-6-15(7-9-16)21-19(25)18-11-17-14(2)22-23(3)20(17)28-18/h6-9,11,13H,4-5,10,12H2,1-3H3,(H,21,25). The molecule has 0 saturated carbocycles. The van der Waals surface area contributed by atoms with E-state index in [9.17, 15) is 13.2 Å². The van der Waals surface area contributed by atoms with Gasteiger partial charge in [0.2, 0.25) is 10.0 Å². The minimum Gasteiger partial charge on any atom is -0.321 e. The number of hydrogen-bond donors (Lipinski definition) is 1. The number of sulfonamides is 1. The topological polar surface area (TPSA) is 84.3 Å². The van der Waals surface area contributed by atoms with Crippen molar-refractivity contribution in [2.75, 3.05) is 18.4 Å². The molecule has 29 heavy (non-hydrogen) atoms. The lowest BCUT2D eigenvalue weighted by molar-refractivity contribution is 0.103. The Kier molecular flexibility index (Phi) is 5.22. The van der Waals surface area contributed by atoms with Crippen LogP contribution >= 0.6 is 11.3 Å². The first-order valence-electron chi connectivity index (χ1n) is 9.60. The smallest absolute Gasteiger partial charge is 0.265 e. The summed E-state index contributed by atoms with van der Waals surface area (Å²) in [6.45, 7) is 5.11. The van der Waals surface area contributed by atoms with E-state index in [0.29, 0.717) is 29.6 Å². The average molecular weight is 433 g/mol. The number of anilines is 1. The Hall–Kier alpha value is -2.23. The maximum Gasteiger partial charge on any atom is 0.265 e. The SMILES string of the molecule is Cc1nn(C)c2sc(C(=O)Nc3ccc(S(=O)(=O)N4CCCC(C)C4)cc3)cc12. The zero-order valence-electron chi connectivity index (χ0n) is 16.7. The summed E-state index contributed by atoms with van der Waals surface area (Å²) in [6, 6.07) is 8.23. The number of thiophene rings is 1. The number of hydrogen-bond acceptors (Lipinski definition) is 5. The zero-order chi connectivity index (χ0) is 20.8. The number of aromatic nitrogens is 2. The number of nitrogens with one attached hydrogen (secondary N) is 1. The third-order valence-corrected chi connectivity index (χ3v) is 8.37. The van der Waals surface area contributed by atoms with Crippen LogP contribution in [0.4, 0.5) is 5.69 Å². The fourth-order valence-corrected chi connectivity index (χ4v) is 6.35. The Balaban J connectivity index is 1.50. The van der Waals surface area contributed by atoms with Crippen LogP contribution in [0.5, 0.6) is 0 Å². The number of fused-ring (bicyclic) bond motifs is 1. The largest absolute Gasteiger partial charge is 0.321 e. The van der Waals surface area contributed by atoms with Gasteiger partial charge in [-0.1, -0.05) is 6.92 Å². The lowest BCUT2D eigenvalue weighted by Crippen LogP contribution is -2.39. The van der Waals surface area contributed by atoms with Gasteiger partial charge in [0.15, 0.2) is 0 Å². The van der Waals surface area contributed by atoms with Crippen LogP contribution in [-0.2, 0) is 17.1 Å². The van der Waals surface area contributed by atoms with Crippen LogP contribution in [0.3, 0.4) is 0 Å². The van der Waals surface area contributed by atoms with Gasteiger partial charge in [-0.2, -0.15) is 9.40 Å². The number of carbonyl (C=O) groups is 1. The predicted octanol–water partition coefficient (Wildman–Crippen LogP) is 3.62. The Labute approximate surface area is 174 Å². The van der Waals surface area contributed by atoms with E-state index in [-0.39, 0.29) is 10.8 Å². The molecule has 1 amide bonds. The van der Waals surface area contributed by atoms with Gasteiger partial charge in [0, 0.05) is 31.2 Å². The molecule has 1 saturated heterocycles. The normalized spacial score (nSPS) is 18.2. The summed E-state index contributed by atoms with van der Waals surface area (Å²) in [4.78, 5) is 14.4. The van der Waals surface area contributed by atoms with Crippen LogP contribution in [0, 0.1) is 12.8 Å². The third-order valence-electron chi connectivity index (χ3n) is 5.29. The number of amides is 1. The van der Waals surface area contributed by atoms with Crippen LogP contribution in [0.15, 0.2) is 35.2 Å². The molecule has 1 unspecified atom stereocenters. The lowest BCUT2D eigenvalue weighted by Gasteiger charge is -2.30. The first kappa shape index (κ1) is 20.1. The van der Waals surface area contributed by atoms with Crippen molar-refractivity contribution in [2.24, 2.45) is 13.0 Å². The summed E-state index contributed by atoms with van der Waals surface area (Å²) < 4.78 is 29.0. The van der Waals surface area contributed by atoms with E-state index in [1.54, 1.807) is 33.3 Å². The molecule has 1 atom stereocenters. The van der Waals surface area contributed by atoms with E-state index in [4.69, 9.17) is 0 Å². The summed E-state index contributed by atoms with van der Waals surface area (Å²) in [7, 11) is -1.64. The molecule has 9 heteroatoms. The second-order valence-electron chi connectivity index (χ2n) is 7.63. The highest BCUT2D eigenvalue weighted by Gasteiger charge is 2.28. The Morgan fingerprint density at radius 3 is 2.66 bits per heavy atom. The zero-order valence-corrected chi connectivity index (χ0v) is 18.3. The molecule has 0 bridgehead atoms. The highest BCUT2D eigenvalue weighted by atomic mass is 32.2. The maximum absolute atomic E-state index is 12.9. The molecule has 1 aliphatic heterocycles. The fourth-order valence-electron chi connectivity index (χ4n) is 3.73. The third kappa shape index (κ3) is 3.82. The quantitative estimate of drug-likeness (QED) is 0.682. The van der Waals surface area contributed by atoms with Crippen molar-refractivity contribution in [3.05, 3.63) is 40.9 Å². The molecule has 2 aromatic heterocycles. The molecule has 1 N–H and O–H groups in total. The van der Waals surface area contributed by atoms with Crippen LogP contribution in [0.2, 0.25) is 0 Å². The van der Waals surface area contributed by atoms with Gasteiger partial charge in [0.05, 0.1) is 15.5 Å². The summed E-state index contributed by atoms with van der Waals surface area (Å²) in [5.74, 6) is 0.156. The van der Waals surface area contributed by atoms with Crippen molar-refractivity contribution >= 4 is 43.2 Å². The van der Waals surface area contributed by atoms with Crippen LogP contribution < -0.4 is 5.32 Å². The lowest BCUT2D eigenvalue weighted by atomic mass is 10.0. The van der Waals surface area contributed by atoms with Crippen LogP contribution in [0.1, 0.15) is 35.1 Å². The highest BCUT2D eigenvalue weighted by Crippen LogP contribution is 2.29. The number of piperidine rings is 1. The molecule has 1 aromatic carbocycles. The Morgan fingerprint density at radius 1 is 1.28 bits per heavy atom. The van der Waals surface area contributed by atoms with E-state index in [2.05, 4.69) is 17.3 Å². The first-order chi connectivity index (χ1) is 13.8. The molecule has 3 heterocycles.